The van der Waals surface area contributed by atoms with Crippen LogP contribution >= 0.6 is 0 Å². The van der Waals surface area contributed by atoms with E-state index in [9.17, 15) is 8.78 Å². The summed E-state index contributed by atoms with van der Waals surface area (Å²) in [6.07, 6.45) is 15.7. The maximum absolute atomic E-state index is 13.9. The number of rotatable bonds is 6. The lowest BCUT2D eigenvalue weighted by atomic mass is 9.68. The summed E-state index contributed by atoms with van der Waals surface area (Å²) >= 11 is 0. The molecule has 1 nitrogen and oxygen atoms in total. The molecule has 0 N–H and O–H groups in total. The van der Waals surface area contributed by atoms with Crippen LogP contribution in [0.1, 0.15) is 87.7 Å². The van der Waals surface area contributed by atoms with Crippen LogP contribution in [0.2, 0.25) is 0 Å². The quantitative estimate of drug-likeness (QED) is 0.477. The van der Waals surface area contributed by atoms with Gasteiger partial charge in [-0.15, -0.1) is 0 Å². The summed E-state index contributed by atoms with van der Waals surface area (Å²) in [7, 11) is 0. The van der Waals surface area contributed by atoms with E-state index in [0.29, 0.717) is 12.2 Å². The van der Waals surface area contributed by atoms with E-state index in [-0.39, 0.29) is 11.4 Å². The molecule has 0 aliphatic heterocycles. The lowest BCUT2D eigenvalue weighted by Gasteiger charge is -2.38. The highest BCUT2D eigenvalue weighted by molar-refractivity contribution is 5.34. The summed E-state index contributed by atoms with van der Waals surface area (Å²) in [5.74, 6) is 2.61. The van der Waals surface area contributed by atoms with E-state index in [4.69, 9.17) is 5.26 Å². The zero-order chi connectivity index (χ0) is 19.1. The highest BCUT2D eigenvalue weighted by Gasteiger charge is 2.31. The van der Waals surface area contributed by atoms with Crippen molar-refractivity contribution in [2.24, 2.45) is 17.8 Å². The van der Waals surface area contributed by atoms with E-state index in [0.717, 1.165) is 49.0 Å². The molecule has 1 aromatic rings. The van der Waals surface area contributed by atoms with Crippen molar-refractivity contribution in [2.75, 3.05) is 0 Å². The fourth-order valence-corrected chi connectivity index (χ4v) is 5.34. The molecule has 3 rings (SSSR count). The lowest BCUT2D eigenvalue weighted by molar-refractivity contribution is 0.156. The number of hydrogen-bond acceptors (Lipinski definition) is 1. The summed E-state index contributed by atoms with van der Waals surface area (Å²) in [5, 5.41) is 8.88. The van der Waals surface area contributed by atoms with Gasteiger partial charge in [0.2, 0.25) is 0 Å². The molecular weight excluding hydrogens is 340 g/mol. The van der Waals surface area contributed by atoms with Gasteiger partial charge in [0, 0.05) is 0 Å². The molecule has 3 heteroatoms. The Balaban J connectivity index is 1.42. The van der Waals surface area contributed by atoms with Crippen LogP contribution in [0, 0.1) is 34.9 Å². The number of benzene rings is 1. The lowest BCUT2D eigenvalue weighted by Crippen LogP contribution is -2.25. The van der Waals surface area contributed by atoms with Crippen LogP contribution in [-0.2, 0) is 0 Å². The van der Waals surface area contributed by atoms with E-state index in [1.54, 1.807) is 18.2 Å². The largest absolute Gasteiger partial charge is 0.216 e. The molecular formula is C24H31F2N. The Morgan fingerprint density at radius 1 is 1.00 bits per heavy atom. The fourth-order valence-electron chi connectivity index (χ4n) is 5.34. The van der Waals surface area contributed by atoms with Crippen molar-refractivity contribution in [1.29, 1.82) is 5.26 Å². The first kappa shape index (κ1) is 20.1. The van der Waals surface area contributed by atoms with Gasteiger partial charge in [-0.2, -0.15) is 5.26 Å². The van der Waals surface area contributed by atoms with E-state index in [2.05, 4.69) is 0 Å². The highest BCUT2D eigenvalue weighted by atomic mass is 19.1. The molecule has 0 aromatic heterocycles. The molecule has 27 heavy (non-hydrogen) atoms. The maximum atomic E-state index is 13.9. The topological polar surface area (TPSA) is 23.8 Å². The van der Waals surface area contributed by atoms with Crippen molar-refractivity contribution in [3.8, 4) is 6.07 Å². The molecule has 0 atom stereocenters. The van der Waals surface area contributed by atoms with Gasteiger partial charge in [-0.1, -0.05) is 31.4 Å². The monoisotopic (exact) mass is 371 g/mol. The van der Waals surface area contributed by atoms with E-state index < -0.39 is 0 Å². The predicted octanol–water partition coefficient (Wildman–Crippen LogP) is 7.43. The van der Waals surface area contributed by atoms with Gasteiger partial charge in [-0.05, 0) is 92.7 Å². The average Bonchev–Trinajstić information content (AvgIpc) is 2.72. The summed E-state index contributed by atoms with van der Waals surface area (Å²) < 4.78 is 25.9. The molecule has 0 amide bonds. The summed E-state index contributed by atoms with van der Waals surface area (Å²) in [5.41, 5.74) is 1.21. The van der Waals surface area contributed by atoms with Crippen molar-refractivity contribution < 1.29 is 8.78 Å². The van der Waals surface area contributed by atoms with Gasteiger partial charge < -0.3 is 0 Å². The number of allylic oxidation sites excluding steroid dienone is 1. The van der Waals surface area contributed by atoms with Crippen LogP contribution in [0.4, 0.5) is 8.78 Å². The van der Waals surface area contributed by atoms with Crippen molar-refractivity contribution in [3.63, 3.8) is 0 Å². The number of hydrogen-bond donors (Lipinski definition) is 0. The van der Waals surface area contributed by atoms with Crippen LogP contribution in [0.25, 0.3) is 0 Å². The average molecular weight is 372 g/mol. The fraction of sp³-hybridized carbons (Fsp3) is 0.625. The van der Waals surface area contributed by atoms with Gasteiger partial charge in [0.1, 0.15) is 11.9 Å². The van der Waals surface area contributed by atoms with Gasteiger partial charge in [0.15, 0.2) is 0 Å². The Kier molecular flexibility index (Phi) is 7.44. The van der Waals surface area contributed by atoms with Crippen molar-refractivity contribution >= 4 is 0 Å². The van der Waals surface area contributed by atoms with Gasteiger partial charge in [0.25, 0.3) is 0 Å². The van der Waals surface area contributed by atoms with Crippen molar-refractivity contribution in [3.05, 3.63) is 47.5 Å². The van der Waals surface area contributed by atoms with Crippen molar-refractivity contribution in [2.45, 2.75) is 76.5 Å². The standard InChI is InChI=1S/C24H31F2N/c25-15-3-1-2-4-18-5-7-19(8-6-18)20-9-11-21(12-10-20)22-13-14-23(17-27)24(26)16-22/h3,13-16,18-21H,1-2,4-12H2/b15-3+. The zero-order valence-corrected chi connectivity index (χ0v) is 16.2. The Morgan fingerprint density at radius 2 is 1.67 bits per heavy atom. The predicted molar refractivity (Wildman–Crippen MR) is 105 cm³/mol. The molecule has 1 aromatic carbocycles. The van der Waals surface area contributed by atoms with Crippen LogP contribution < -0.4 is 0 Å². The van der Waals surface area contributed by atoms with Crippen LogP contribution in [0.3, 0.4) is 0 Å². The Bertz CT molecular complexity index is 659. The molecule has 0 radical (unpaired) electrons. The number of halogens is 2. The third kappa shape index (κ3) is 5.41. The number of unbranched alkanes of at least 4 members (excludes halogenated alkanes) is 1. The van der Waals surface area contributed by atoms with Crippen LogP contribution in [0.5, 0.6) is 0 Å². The van der Waals surface area contributed by atoms with Crippen molar-refractivity contribution in [1.82, 2.24) is 0 Å². The smallest absolute Gasteiger partial charge is 0.141 e. The molecule has 0 unspecified atom stereocenters. The second-order valence-electron chi connectivity index (χ2n) is 8.54. The second-order valence-corrected chi connectivity index (χ2v) is 8.54. The number of nitriles is 1. The van der Waals surface area contributed by atoms with Gasteiger partial charge in [0.05, 0.1) is 11.9 Å². The molecule has 2 aliphatic rings. The molecule has 2 saturated carbocycles. The molecule has 0 heterocycles. The molecule has 2 fully saturated rings. The minimum Gasteiger partial charge on any atom is -0.216 e. The third-order valence-corrected chi connectivity index (χ3v) is 6.99. The first-order valence-electron chi connectivity index (χ1n) is 10.7. The van der Waals surface area contributed by atoms with E-state index >= 15 is 0 Å². The maximum Gasteiger partial charge on any atom is 0.141 e. The molecule has 0 spiro atoms. The zero-order valence-electron chi connectivity index (χ0n) is 16.2. The highest BCUT2D eigenvalue weighted by Crippen LogP contribution is 2.44. The first-order chi connectivity index (χ1) is 13.2. The Morgan fingerprint density at radius 3 is 2.26 bits per heavy atom. The van der Waals surface area contributed by atoms with E-state index in [1.165, 1.54) is 44.9 Å². The van der Waals surface area contributed by atoms with Gasteiger partial charge >= 0.3 is 0 Å². The molecule has 146 valence electrons. The Labute approximate surface area is 162 Å². The minimum atomic E-state index is -0.377. The second kappa shape index (κ2) is 10.0. The molecule has 0 saturated heterocycles. The van der Waals surface area contributed by atoms with Gasteiger partial charge in [-0.25, -0.2) is 8.78 Å². The third-order valence-electron chi connectivity index (χ3n) is 6.99. The summed E-state index contributed by atoms with van der Waals surface area (Å²) in [6, 6.07) is 7.05. The Hall–Kier alpha value is -1.69. The minimum absolute atomic E-state index is 0.143. The normalized spacial score (nSPS) is 28.9. The van der Waals surface area contributed by atoms with E-state index in [1.807, 2.05) is 12.1 Å². The number of nitrogens with zero attached hydrogens (tertiary/aromatic N) is 1. The summed E-state index contributed by atoms with van der Waals surface area (Å²) in [6.45, 7) is 0. The van der Waals surface area contributed by atoms with Crippen LogP contribution in [0.15, 0.2) is 30.6 Å². The van der Waals surface area contributed by atoms with Crippen LogP contribution in [-0.4, -0.2) is 0 Å². The first-order valence-corrected chi connectivity index (χ1v) is 10.7. The van der Waals surface area contributed by atoms with Gasteiger partial charge in [-0.3, -0.25) is 0 Å². The summed E-state index contributed by atoms with van der Waals surface area (Å²) in [4.78, 5) is 0. The SMILES string of the molecule is N#Cc1ccc(C2CCC(C3CCC(CCC/C=C/F)CC3)CC2)cc1F. The molecule has 2 aliphatic carbocycles. The molecule has 0 bridgehead atoms.